The smallest absolute Gasteiger partial charge is 0.0741 e. The Kier molecular flexibility index (Phi) is 4.23. The van der Waals surface area contributed by atoms with E-state index in [1.54, 1.807) is 0 Å². The fraction of sp³-hybridized carbons (Fsp3) is 0.235. The predicted octanol–water partition coefficient (Wildman–Crippen LogP) is 4.18. The molecule has 1 heterocycles. The largest absolute Gasteiger partial charge is 0.313 e. The van der Waals surface area contributed by atoms with Crippen molar-refractivity contribution in [3.05, 3.63) is 59.2 Å². The van der Waals surface area contributed by atoms with Crippen molar-refractivity contribution < 1.29 is 0 Å². The van der Waals surface area contributed by atoms with Crippen LogP contribution in [-0.4, -0.2) is 16.3 Å². The number of para-hydroxylation sites is 1. The van der Waals surface area contributed by atoms with Crippen molar-refractivity contribution in [1.82, 2.24) is 15.1 Å². The van der Waals surface area contributed by atoms with Crippen molar-refractivity contribution in [2.24, 2.45) is 0 Å². The van der Waals surface area contributed by atoms with Gasteiger partial charge >= 0.3 is 0 Å². The van der Waals surface area contributed by atoms with Crippen LogP contribution in [0.2, 0.25) is 5.02 Å². The molecule has 0 atom stereocenters. The zero-order valence-electron chi connectivity index (χ0n) is 12.0. The Balaban J connectivity index is 1.91. The number of fused-ring (bicyclic) bond motifs is 1. The van der Waals surface area contributed by atoms with Crippen LogP contribution < -0.4 is 5.32 Å². The van der Waals surface area contributed by atoms with Crippen LogP contribution in [0.3, 0.4) is 0 Å². The van der Waals surface area contributed by atoms with Crippen molar-refractivity contribution in [2.45, 2.75) is 19.9 Å². The molecule has 0 aliphatic heterocycles. The van der Waals surface area contributed by atoms with E-state index >= 15 is 0 Å². The lowest BCUT2D eigenvalue weighted by Gasteiger charge is -2.09. The fourth-order valence-corrected chi connectivity index (χ4v) is 2.63. The van der Waals surface area contributed by atoms with Gasteiger partial charge in [0, 0.05) is 17.0 Å². The van der Waals surface area contributed by atoms with Gasteiger partial charge in [-0.2, -0.15) is 5.10 Å². The minimum atomic E-state index is 0.774. The van der Waals surface area contributed by atoms with Gasteiger partial charge in [0.25, 0.3) is 0 Å². The van der Waals surface area contributed by atoms with Gasteiger partial charge in [-0.25, -0.2) is 4.68 Å². The van der Waals surface area contributed by atoms with Crippen LogP contribution in [0, 0.1) is 0 Å². The number of benzene rings is 2. The molecule has 1 N–H and O–H groups in total. The van der Waals surface area contributed by atoms with Crippen LogP contribution in [0.5, 0.6) is 0 Å². The van der Waals surface area contributed by atoms with E-state index in [0.29, 0.717) is 0 Å². The molecular formula is C17H18ClN3. The first-order valence-electron chi connectivity index (χ1n) is 7.22. The highest BCUT2D eigenvalue weighted by Gasteiger charge is 2.07. The summed E-state index contributed by atoms with van der Waals surface area (Å²) in [5.41, 5.74) is 3.19. The number of rotatable bonds is 5. The lowest BCUT2D eigenvalue weighted by molar-refractivity contribution is 0.675. The SMILES string of the molecule is CCCNCc1ccc(-n2ncc3ccccc32)cc1Cl. The van der Waals surface area contributed by atoms with Gasteiger partial charge in [-0.3, -0.25) is 0 Å². The average molecular weight is 300 g/mol. The van der Waals surface area contributed by atoms with Crippen LogP contribution in [0.15, 0.2) is 48.7 Å². The molecule has 1 aromatic heterocycles. The molecule has 0 spiro atoms. The Morgan fingerprint density at radius 1 is 1.19 bits per heavy atom. The third kappa shape index (κ3) is 2.94. The second kappa shape index (κ2) is 6.29. The highest BCUT2D eigenvalue weighted by atomic mass is 35.5. The first-order valence-corrected chi connectivity index (χ1v) is 7.59. The number of hydrogen-bond acceptors (Lipinski definition) is 2. The standard InChI is InChI=1S/C17H18ClN3/c1-2-9-19-11-13-7-8-15(10-16(13)18)21-17-6-4-3-5-14(17)12-20-21/h3-8,10,12,19H,2,9,11H2,1H3. The van der Waals surface area contributed by atoms with Crippen LogP contribution >= 0.6 is 11.6 Å². The zero-order chi connectivity index (χ0) is 14.7. The average Bonchev–Trinajstić information content (AvgIpc) is 2.93. The van der Waals surface area contributed by atoms with Crippen LogP contribution in [-0.2, 0) is 6.54 Å². The minimum absolute atomic E-state index is 0.774. The number of hydrogen-bond donors (Lipinski definition) is 1. The highest BCUT2D eigenvalue weighted by Crippen LogP contribution is 2.23. The topological polar surface area (TPSA) is 29.9 Å². The summed E-state index contributed by atoms with van der Waals surface area (Å²) in [5.74, 6) is 0. The summed E-state index contributed by atoms with van der Waals surface area (Å²) in [7, 11) is 0. The third-order valence-corrected chi connectivity index (χ3v) is 3.85. The summed E-state index contributed by atoms with van der Waals surface area (Å²) in [6.45, 7) is 3.95. The predicted molar refractivity (Wildman–Crippen MR) is 88.1 cm³/mol. The summed E-state index contributed by atoms with van der Waals surface area (Å²) in [6.07, 6.45) is 2.99. The Morgan fingerprint density at radius 2 is 2.05 bits per heavy atom. The molecule has 0 radical (unpaired) electrons. The summed E-state index contributed by atoms with van der Waals surface area (Å²) in [5, 5.41) is 9.72. The second-order valence-electron chi connectivity index (χ2n) is 5.07. The van der Waals surface area contributed by atoms with E-state index in [4.69, 9.17) is 11.6 Å². The molecule has 0 saturated carbocycles. The Labute approximate surface area is 129 Å². The van der Waals surface area contributed by atoms with E-state index in [0.717, 1.165) is 46.7 Å². The van der Waals surface area contributed by atoms with Crippen LogP contribution in [0.25, 0.3) is 16.6 Å². The van der Waals surface area contributed by atoms with Gasteiger partial charge in [-0.15, -0.1) is 0 Å². The molecule has 0 fully saturated rings. The molecule has 108 valence electrons. The summed E-state index contributed by atoms with van der Waals surface area (Å²) >= 11 is 6.40. The van der Waals surface area contributed by atoms with Gasteiger partial charge in [-0.05, 0) is 36.7 Å². The molecule has 0 amide bonds. The molecule has 3 rings (SSSR count). The van der Waals surface area contributed by atoms with Gasteiger partial charge in [0.2, 0.25) is 0 Å². The Hall–Kier alpha value is -1.84. The summed E-state index contributed by atoms with van der Waals surface area (Å²) in [4.78, 5) is 0. The van der Waals surface area contributed by atoms with E-state index in [1.165, 1.54) is 0 Å². The molecule has 4 heteroatoms. The van der Waals surface area contributed by atoms with E-state index < -0.39 is 0 Å². The number of nitrogens with one attached hydrogen (secondary N) is 1. The van der Waals surface area contributed by atoms with Gasteiger partial charge < -0.3 is 5.32 Å². The normalized spacial score (nSPS) is 11.1. The Morgan fingerprint density at radius 3 is 2.86 bits per heavy atom. The minimum Gasteiger partial charge on any atom is -0.313 e. The molecule has 21 heavy (non-hydrogen) atoms. The van der Waals surface area contributed by atoms with Crippen molar-refractivity contribution in [2.75, 3.05) is 6.54 Å². The van der Waals surface area contributed by atoms with E-state index in [1.807, 2.05) is 29.1 Å². The van der Waals surface area contributed by atoms with Crippen molar-refractivity contribution >= 4 is 22.5 Å². The van der Waals surface area contributed by atoms with Gasteiger partial charge in [0.05, 0.1) is 17.4 Å². The molecule has 3 nitrogen and oxygen atoms in total. The first-order chi connectivity index (χ1) is 10.3. The van der Waals surface area contributed by atoms with Gasteiger partial charge in [0.1, 0.15) is 0 Å². The first kappa shape index (κ1) is 14.1. The Bertz CT molecular complexity index is 749. The van der Waals surface area contributed by atoms with E-state index in [2.05, 4.69) is 41.6 Å². The number of halogens is 1. The second-order valence-corrected chi connectivity index (χ2v) is 5.47. The lowest BCUT2D eigenvalue weighted by atomic mass is 10.2. The highest BCUT2D eigenvalue weighted by molar-refractivity contribution is 6.31. The molecule has 3 aromatic rings. The monoisotopic (exact) mass is 299 g/mol. The van der Waals surface area contributed by atoms with Gasteiger partial charge in [-0.1, -0.05) is 42.8 Å². The van der Waals surface area contributed by atoms with Crippen molar-refractivity contribution in [1.29, 1.82) is 0 Å². The molecule has 0 saturated heterocycles. The third-order valence-electron chi connectivity index (χ3n) is 3.50. The number of nitrogens with zero attached hydrogens (tertiary/aromatic N) is 2. The maximum absolute atomic E-state index is 6.40. The quantitative estimate of drug-likeness (QED) is 0.716. The molecule has 2 aromatic carbocycles. The molecule has 0 bridgehead atoms. The number of aromatic nitrogens is 2. The lowest BCUT2D eigenvalue weighted by Crippen LogP contribution is -2.14. The maximum Gasteiger partial charge on any atom is 0.0741 e. The van der Waals surface area contributed by atoms with E-state index in [-0.39, 0.29) is 0 Å². The zero-order valence-corrected chi connectivity index (χ0v) is 12.8. The summed E-state index contributed by atoms with van der Waals surface area (Å²) < 4.78 is 1.92. The summed E-state index contributed by atoms with van der Waals surface area (Å²) in [6, 6.07) is 14.3. The molecule has 0 unspecified atom stereocenters. The molecule has 0 aliphatic carbocycles. The maximum atomic E-state index is 6.40. The van der Waals surface area contributed by atoms with Crippen LogP contribution in [0.4, 0.5) is 0 Å². The fourth-order valence-electron chi connectivity index (χ4n) is 2.39. The van der Waals surface area contributed by atoms with Crippen molar-refractivity contribution in [3.8, 4) is 5.69 Å². The molecular weight excluding hydrogens is 282 g/mol. The molecule has 0 aliphatic rings. The van der Waals surface area contributed by atoms with Gasteiger partial charge in [0.15, 0.2) is 0 Å². The van der Waals surface area contributed by atoms with Crippen LogP contribution in [0.1, 0.15) is 18.9 Å². The van der Waals surface area contributed by atoms with E-state index in [9.17, 15) is 0 Å². The van der Waals surface area contributed by atoms with Crippen molar-refractivity contribution in [3.63, 3.8) is 0 Å².